The van der Waals surface area contributed by atoms with Gasteiger partial charge in [-0.05, 0) is 44.2 Å². The fourth-order valence-electron chi connectivity index (χ4n) is 2.60. The molecule has 0 bridgehead atoms. The Balaban J connectivity index is 1.71. The minimum absolute atomic E-state index is 0.125. The number of nitrogens with zero attached hydrogens (tertiary/aromatic N) is 1. The molecule has 1 amide bonds. The lowest BCUT2D eigenvalue weighted by Gasteiger charge is -2.17. The topological polar surface area (TPSA) is 74.8 Å². The molecule has 27 heavy (non-hydrogen) atoms. The first-order valence-corrected chi connectivity index (χ1v) is 9.78. The quantitative estimate of drug-likeness (QED) is 0.369. The summed E-state index contributed by atoms with van der Waals surface area (Å²) in [4.78, 5) is 19.1. The van der Waals surface area contributed by atoms with Gasteiger partial charge in [0.05, 0.1) is 7.11 Å². The van der Waals surface area contributed by atoms with Crippen molar-refractivity contribution >= 4 is 23.2 Å². The van der Waals surface area contributed by atoms with Gasteiger partial charge in [0.25, 0.3) is 5.91 Å². The Bertz CT molecular complexity index is 773. The van der Waals surface area contributed by atoms with Crippen LogP contribution in [-0.4, -0.2) is 45.2 Å². The van der Waals surface area contributed by atoms with Crippen molar-refractivity contribution in [2.24, 2.45) is 4.99 Å². The second kappa shape index (κ2) is 10.6. The lowest BCUT2D eigenvalue weighted by atomic mass is 10.2. The number of benzene rings is 1. The van der Waals surface area contributed by atoms with Crippen molar-refractivity contribution in [2.45, 2.75) is 26.3 Å². The minimum Gasteiger partial charge on any atom is -0.497 e. The van der Waals surface area contributed by atoms with Crippen LogP contribution in [-0.2, 0) is 6.42 Å². The molecule has 2 rings (SSSR count). The second-order valence-electron chi connectivity index (χ2n) is 6.25. The molecular formula is C20H28N4O2S. The molecule has 1 heterocycles. The zero-order valence-corrected chi connectivity index (χ0v) is 17.2. The van der Waals surface area contributed by atoms with E-state index in [9.17, 15) is 4.79 Å². The van der Waals surface area contributed by atoms with Crippen molar-refractivity contribution < 1.29 is 9.53 Å². The summed E-state index contributed by atoms with van der Waals surface area (Å²) < 4.78 is 5.14. The van der Waals surface area contributed by atoms with Gasteiger partial charge in [-0.25, -0.2) is 0 Å². The van der Waals surface area contributed by atoms with E-state index in [-0.39, 0.29) is 11.9 Å². The van der Waals surface area contributed by atoms with Gasteiger partial charge in [0.2, 0.25) is 0 Å². The van der Waals surface area contributed by atoms with E-state index in [1.54, 1.807) is 32.4 Å². The van der Waals surface area contributed by atoms with Gasteiger partial charge in [0.1, 0.15) is 5.75 Å². The molecule has 7 heteroatoms. The number of aliphatic imine (C=N–C) groups is 1. The highest BCUT2D eigenvalue weighted by Crippen LogP contribution is 2.16. The van der Waals surface area contributed by atoms with Crippen LogP contribution in [0.15, 0.2) is 41.4 Å². The Morgan fingerprint density at radius 2 is 2.00 bits per heavy atom. The number of amides is 1. The third-order valence-electron chi connectivity index (χ3n) is 3.95. The summed E-state index contributed by atoms with van der Waals surface area (Å²) in [5, 5.41) is 9.49. The van der Waals surface area contributed by atoms with E-state index in [0.717, 1.165) is 12.4 Å². The predicted molar refractivity (Wildman–Crippen MR) is 112 cm³/mol. The normalized spacial score (nSPS) is 12.4. The van der Waals surface area contributed by atoms with Crippen LogP contribution in [0.3, 0.4) is 0 Å². The number of ether oxygens (including phenoxy) is 1. The molecular weight excluding hydrogens is 360 g/mol. The highest BCUT2D eigenvalue weighted by atomic mass is 32.1. The van der Waals surface area contributed by atoms with E-state index in [1.807, 2.05) is 17.4 Å². The van der Waals surface area contributed by atoms with Crippen LogP contribution in [0, 0.1) is 6.92 Å². The Morgan fingerprint density at radius 1 is 1.22 bits per heavy atom. The first-order valence-electron chi connectivity index (χ1n) is 8.96. The third-order valence-corrected chi connectivity index (χ3v) is 4.97. The number of hydrogen-bond acceptors (Lipinski definition) is 4. The number of hydrogen-bond donors (Lipinski definition) is 3. The largest absolute Gasteiger partial charge is 0.497 e. The number of thiophene rings is 1. The molecule has 0 spiro atoms. The van der Waals surface area contributed by atoms with E-state index in [0.29, 0.717) is 24.4 Å². The zero-order chi connectivity index (χ0) is 19.6. The van der Waals surface area contributed by atoms with Gasteiger partial charge < -0.3 is 20.7 Å². The number of guanidine groups is 1. The Hall–Kier alpha value is -2.54. The van der Waals surface area contributed by atoms with Gasteiger partial charge in [-0.15, -0.1) is 11.3 Å². The Labute approximate surface area is 165 Å². The van der Waals surface area contributed by atoms with Crippen LogP contribution in [0.4, 0.5) is 0 Å². The highest BCUT2D eigenvalue weighted by molar-refractivity contribution is 7.11. The molecule has 6 nitrogen and oxygen atoms in total. The Kier molecular flexibility index (Phi) is 8.13. The van der Waals surface area contributed by atoms with E-state index in [2.05, 4.69) is 46.9 Å². The Morgan fingerprint density at radius 3 is 2.67 bits per heavy atom. The van der Waals surface area contributed by atoms with Gasteiger partial charge in [0.15, 0.2) is 5.96 Å². The van der Waals surface area contributed by atoms with Crippen LogP contribution in [0.5, 0.6) is 5.75 Å². The van der Waals surface area contributed by atoms with Crippen LogP contribution < -0.4 is 20.7 Å². The number of rotatable bonds is 8. The minimum atomic E-state index is -0.125. The summed E-state index contributed by atoms with van der Waals surface area (Å²) in [6.07, 6.45) is 0.950. The van der Waals surface area contributed by atoms with Crippen molar-refractivity contribution in [3.8, 4) is 5.75 Å². The third kappa shape index (κ3) is 6.94. The average Bonchev–Trinajstić information content (AvgIpc) is 3.08. The van der Waals surface area contributed by atoms with Crippen LogP contribution in [0.1, 0.15) is 27.0 Å². The van der Waals surface area contributed by atoms with E-state index < -0.39 is 0 Å². The fourth-order valence-corrected chi connectivity index (χ4v) is 3.62. The summed E-state index contributed by atoms with van der Waals surface area (Å²) >= 11 is 1.82. The molecule has 146 valence electrons. The summed E-state index contributed by atoms with van der Waals surface area (Å²) in [5.74, 6) is 1.27. The molecule has 0 radical (unpaired) electrons. The number of carbonyl (C=O) groups is 1. The molecule has 0 saturated heterocycles. The molecule has 0 aliphatic heterocycles. The molecule has 1 aromatic carbocycles. The number of nitrogens with one attached hydrogen (secondary N) is 3. The molecule has 0 fully saturated rings. The smallest absolute Gasteiger partial charge is 0.251 e. The summed E-state index contributed by atoms with van der Waals surface area (Å²) in [7, 11) is 3.33. The van der Waals surface area contributed by atoms with Crippen LogP contribution in [0.2, 0.25) is 0 Å². The van der Waals surface area contributed by atoms with E-state index in [1.165, 1.54) is 9.75 Å². The molecule has 0 aliphatic carbocycles. The lowest BCUT2D eigenvalue weighted by molar-refractivity contribution is 0.0954. The maximum Gasteiger partial charge on any atom is 0.251 e. The summed E-state index contributed by atoms with van der Waals surface area (Å²) in [5.41, 5.74) is 0.580. The first-order chi connectivity index (χ1) is 13.0. The number of aryl methyl sites for hydroxylation is 1. The zero-order valence-electron chi connectivity index (χ0n) is 16.3. The number of carbonyl (C=O) groups excluding carboxylic acids is 1. The molecule has 0 saturated carbocycles. The molecule has 1 aromatic heterocycles. The fraction of sp³-hybridized carbons (Fsp3) is 0.400. The summed E-state index contributed by atoms with van der Waals surface area (Å²) in [6.45, 7) is 5.33. The maximum atomic E-state index is 12.2. The van der Waals surface area contributed by atoms with Gasteiger partial charge >= 0.3 is 0 Å². The van der Waals surface area contributed by atoms with Crippen molar-refractivity contribution in [1.29, 1.82) is 0 Å². The maximum absolute atomic E-state index is 12.2. The van der Waals surface area contributed by atoms with Crippen LogP contribution in [0.25, 0.3) is 0 Å². The van der Waals surface area contributed by atoms with Crippen molar-refractivity contribution in [3.63, 3.8) is 0 Å². The van der Waals surface area contributed by atoms with Gasteiger partial charge in [-0.1, -0.05) is 6.07 Å². The van der Waals surface area contributed by atoms with E-state index >= 15 is 0 Å². The summed E-state index contributed by atoms with van der Waals surface area (Å²) in [6, 6.07) is 11.7. The standard InChI is InChI=1S/C20H28N4O2S/c1-14(12-18-9-8-15(2)27-18)24-20(21-3)23-11-10-22-19(25)16-6-5-7-17(13-16)26-4/h5-9,13-14H,10-12H2,1-4H3,(H,22,25)(H2,21,23,24). The van der Waals surface area contributed by atoms with Crippen molar-refractivity contribution in [3.05, 3.63) is 51.7 Å². The van der Waals surface area contributed by atoms with Crippen molar-refractivity contribution in [2.75, 3.05) is 27.2 Å². The molecule has 1 unspecified atom stereocenters. The van der Waals surface area contributed by atoms with Crippen LogP contribution >= 0.6 is 11.3 Å². The molecule has 1 atom stereocenters. The number of methoxy groups -OCH3 is 1. The van der Waals surface area contributed by atoms with Gasteiger partial charge in [-0.2, -0.15) is 0 Å². The van der Waals surface area contributed by atoms with E-state index in [4.69, 9.17) is 4.74 Å². The SMILES string of the molecule is CN=C(NCCNC(=O)c1cccc(OC)c1)NC(C)Cc1ccc(C)s1. The highest BCUT2D eigenvalue weighted by Gasteiger charge is 2.09. The molecule has 3 N–H and O–H groups in total. The van der Waals surface area contributed by atoms with Gasteiger partial charge in [0, 0.05) is 47.9 Å². The predicted octanol–water partition coefficient (Wildman–Crippen LogP) is 2.59. The molecule has 0 aliphatic rings. The van der Waals surface area contributed by atoms with Crippen molar-refractivity contribution in [1.82, 2.24) is 16.0 Å². The average molecular weight is 389 g/mol. The first kappa shape index (κ1) is 20.8. The lowest BCUT2D eigenvalue weighted by Crippen LogP contribution is -2.45. The monoisotopic (exact) mass is 388 g/mol. The van der Waals surface area contributed by atoms with Gasteiger partial charge in [-0.3, -0.25) is 9.79 Å². The second-order valence-corrected chi connectivity index (χ2v) is 7.62. The molecule has 2 aromatic rings.